The van der Waals surface area contributed by atoms with Crippen LogP contribution in [0.15, 0.2) is 12.1 Å². The molecule has 102 valence electrons. The van der Waals surface area contributed by atoms with Crippen LogP contribution in [0.5, 0.6) is 0 Å². The van der Waals surface area contributed by atoms with Gasteiger partial charge in [0.1, 0.15) is 6.42 Å². The summed E-state index contributed by atoms with van der Waals surface area (Å²) in [5.41, 5.74) is -1.13. The molecule has 0 aliphatic heterocycles. The number of ether oxygens (including phenoxy) is 1. The van der Waals surface area contributed by atoms with Crippen LogP contribution in [0.2, 0.25) is 5.02 Å². The Hall–Kier alpha value is -2.02. The van der Waals surface area contributed by atoms with Crippen molar-refractivity contribution in [1.29, 1.82) is 0 Å². The molecule has 0 bridgehead atoms. The van der Waals surface area contributed by atoms with Gasteiger partial charge in [0.15, 0.2) is 11.6 Å². The Bertz CT molecular complexity index is 546. The molecule has 0 fully saturated rings. The molecule has 0 radical (unpaired) electrons. The molecule has 0 N–H and O–H groups in total. The van der Waals surface area contributed by atoms with Crippen LogP contribution < -0.4 is 0 Å². The van der Waals surface area contributed by atoms with Gasteiger partial charge in [-0.3, -0.25) is 19.7 Å². The Morgan fingerprint density at radius 2 is 2.11 bits per heavy atom. The van der Waals surface area contributed by atoms with Crippen molar-refractivity contribution in [3.05, 3.63) is 38.7 Å². The van der Waals surface area contributed by atoms with E-state index in [0.29, 0.717) is 0 Å². The molecule has 1 aromatic carbocycles. The van der Waals surface area contributed by atoms with Crippen molar-refractivity contribution in [3.8, 4) is 0 Å². The Labute approximate surface area is 112 Å². The molecule has 0 heterocycles. The van der Waals surface area contributed by atoms with E-state index >= 15 is 0 Å². The van der Waals surface area contributed by atoms with E-state index in [1.807, 2.05) is 0 Å². The summed E-state index contributed by atoms with van der Waals surface area (Å²) >= 11 is 5.46. The number of non-ortho nitro benzene ring substituents is 1. The third-order valence-corrected chi connectivity index (χ3v) is 2.41. The summed E-state index contributed by atoms with van der Waals surface area (Å²) in [6, 6.07) is 1.53. The van der Waals surface area contributed by atoms with Crippen LogP contribution in [-0.4, -0.2) is 23.3 Å². The molecule has 0 unspecified atom stereocenters. The lowest BCUT2D eigenvalue weighted by Gasteiger charge is -2.04. The lowest BCUT2D eigenvalue weighted by molar-refractivity contribution is -0.384. The number of rotatable bonds is 5. The number of Topliss-reactive ketones (excluding diaryl/α,β-unsaturated/α-hetero) is 1. The second-order valence-electron chi connectivity index (χ2n) is 3.45. The Morgan fingerprint density at radius 1 is 1.47 bits per heavy atom. The van der Waals surface area contributed by atoms with Gasteiger partial charge >= 0.3 is 5.97 Å². The van der Waals surface area contributed by atoms with Gasteiger partial charge in [-0.05, 0) is 6.92 Å². The number of nitrogens with zero attached hydrogens (tertiary/aromatic N) is 1. The van der Waals surface area contributed by atoms with Crippen LogP contribution in [0.4, 0.5) is 10.1 Å². The number of halogens is 2. The van der Waals surface area contributed by atoms with Gasteiger partial charge in [0, 0.05) is 12.1 Å². The molecule has 19 heavy (non-hydrogen) atoms. The van der Waals surface area contributed by atoms with Gasteiger partial charge in [0.05, 0.1) is 22.1 Å². The molecule has 0 saturated heterocycles. The van der Waals surface area contributed by atoms with Crippen molar-refractivity contribution in [2.75, 3.05) is 6.61 Å². The third kappa shape index (κ3) is 3.72. The van der Waals surface area contributed by atoms with Crippen molar-refractivity contribution in [2.45, 2.75) is 13.3 Å². The average molecular weight is 290 g/mol. The summed E-state index contributed by atoms with van der Waals surface area (Å²) in [6.07, 6.45) is -0.706. The highest BCUT2D eigenvalue weighted by Gasteiger charge is 2.22. The molecule has 0 aromatic heterocycles. The quantitative estimate of drug-likeness (QED) is 0.273. The van der Waals surface area contributed by atoms with Crippen molar-refractivity contribution in [3.63, 3.8) is 0 Å². The number of carbonyl (C=O) groups is 2. The van der Waals surface area contributed by atoms with Gasteiger partial charge in [-0.2, -0.15) is 0 Å². The van der Waals surface area contributed by atoms with E-state index < -0.39 is 45.2 Å². The van der Waals surface area contributed by atoms with Crippen LogP contribution in [0.3, 0.4) is 0 Å². The second kappa shape index (κ2) is 6.24. The molecular weight excluding hydrogens is 281 g/mol. The van der Waals surface area contributed by atoms with Crippen molar-refractivity contribution in [2.24, 2.45) is 0 Å². The number of nitro groups is 1. The number of hydrogen-bond donors (Lipinski definition) is 0. The van der Waals surface area contributed by atoms with E-state index in [-0.39, 0.29) is 6.61 Å². The fraction of sp³-hybridized carbons (Fsp3) is 0.273. The van der Waals surface area contributed by atoms with E-state index in [0.717, 1.165) is 12.1 Å². The highest BCUT2D eigenvalue weighted by atomic mass is 35.5. The van der Waals surface area contributed by atoms with E-state index in [2.05, 4.69) is 4.74 Å². The minimum Gasteiger partial charge on any atom is -0.466 e. The van der Waals surface area contributed by atoms with Gasteiger partial charge in [0.2, 0.25) is 0 Å². The van der Waals surface area contributed by atoms with Gasteiger partial charge in [-0.25, -0.2) is 4.39 Å². The maximum absolute atomic E-state index is 13.6. The Kier molecular flexibility index (Phi) is 4.94. The zero-order chi connectivity index (χ0) is 14.6. The number of ketones is 1. The highest BCUT2D eigenvalue weighted by Crippen LogP contribution is 2.26. The summed E-state index contributed by atoms with van der Waals surface area (Å²) in [4.78, 5) is 32.5. The van der Waals surface area contributed by atoms with Crippen LogP contribution in [0.25, 0.3) is 0 Å². The standard InChI is InChI=1S/C11H9ClFNO5/c1-2-19-10(16)5-9(15)7-3-6(14(17)18)4-8(12)11(7)13/h3-4H,2,5H2,1H3. The highest BCUT2D eigenvalue weighted by molar-refractivity contribution is 6.31. The Balaban J connectivity index is 3.08. The molecule has 1 rings (SSSR count). The lowest BCUT2D eigenvalue weighted by atomic mass is 10.1. The number of esters is 1. The van der Waals surface area contributed by atoms with E-state index in [1.54, 1.807) is 6.92 Å². The summed E-state index contributed by atoms with van der Waals surface area (Å²) in [5, 5.41) is 10.0. The number of hydrogen-bond acceptors (Lipinski definition) is 5. The van der Waals surface area contributed by atoms with E-state index in [1.165, 1.54) is 0 Å². The van der Waals surface area contributed by atoms with Gasteiger partial charge in [-0.1, -0.05) is 11.6 Å². The molecule has 0 atom stereocenters. The topological polar surface area (TPSA) is 86.5 Å². The third-order valence-electron chi connectivity index (χ3n) is 2.13. The van der Waals surface area contributed by atoms with Crippen molar-refractivity contribution in [1.82, 2.24) is 0 Å². The summed E-state index contributed by atoms with van der Waals surface area (Å²) in [6.45, 7) is 1.62. The number of benzene rings is 1. The minimum absolute atomic E-state index is 0.0737. The minimum atomic E-state index is -1.10. The van der Waals surface area contributed by atoms with Crippen LogP contribution >= 0.6 is 11.6 Å². The summed E-state index contributed by atoms with van der Waals surface area (Å²) in [5.74, 6) is -2.86. The monoisotopic (exact) mass is 289 g/mol. The molecule has 6 nitrogen and oxygen atoms in total. The van der Waals surface area contributed by atoms with E-state index in [9.17, 15) is 24.1 Å². The first-order chi connectivity index (χ1) is 8.86. The van der Waals surface area contributed by atoms with E-state index in [4.69, 9.17) is 11.6 Å². The van der Waals surface area contributed by atoms with Crippen molar-refractivity contribution < 1.29 is 23.6 Å². The van der Waals surface area contributed by atoms with Crippen molar-refractivity contribution >= 4 is 29.0 Å². The summed E-state index contributed by atoms with van der Waals surface area (Å²) < 4.78 is 18.1. The first-order valence-corrected chi connectivity index (χ1v) is 5.56. The zero-order valence-electron chi connectivity index (χ0n) is 9.81. The fourth-order valence-corrected chi connectivity index (χ4v) is 1.53. The van der Waals surface area contributed by atoms with Crippen LogP contribution in [-0.2, 0) is 9.53 Å². The zero-order valence-corrected chi connectivity index (χ0v) is 10.6. The van der Waals surface area contributed by atoms with Crippen LogP contribution in [0.1, 0.15) is 23.7 Å². The molecule has 0 aliphatic rings. The van der Waals surface area contributed by atoms with Gasteiger partial charge < -0.3 is 4.74 Å². The normalized spacial score (nSPS) is 10.1. The first kappa shape index (κ1) is 15.0. The second-order valence-corrected chi connectivity index (χ2v) is 3.86. The number of carbonyl (C=O) groups excluding carboxylic acids is 2. The molecular formula is C11H9ClFNO5. The van der Waals surface area contributed by atoms with Crippen LogP contribution in [0, 0.1) is 15.9 Å². The maximum atomic E-state index is 13.6. The average Bonchev–Trinajstić information content (AvgIpc) is 2.32. The largest absolute Gasteiger partial charge is 0.466 e. The predicted octanol–water partition coefficient (Wildman–Crippen LogP) is 2.52. The first-order valence-electron chi connectivity index (χ1n) is 5.19. The molecule has 1 aromatic rings. The van der Waals surface area contributed by atoms with Gasteiger partial charge in [-0.15, -0.1) is 0 Å². The molecule has 0 saturated carbocycles. The summed E-state index contributed by atoms with van der Waals surface area (Å²) in [7, 11) is 0. The lowest BCUT2D eigenvalue weighted by Crippen LogP contribution is -2.13. The van der Waals surface area contributed by atoms with Gasteiger partial charge in [0.25, 0.3) is 5.69 Å². The molecule has 0 aliphatic carbocycles. The Morgan fingerprint density at radius 3 is 2.63 bits per heavy atom. The molecule has 0 spiro atoms. The fourth-order valence-electron chi connectivity index (χ4n) is 1.32. The number of nitro benzene ring substituents is 1. The molecule has 8 heteroatoms. The maximum Gasteiger partial charge on any atom is 0.313 e. The SMILES string of the molecule is CCOC(=O)CC(=O)c1cc([N+](=O)[O-])cc(Cl)c1F. The predicted molar refractivity (Wildman–Crippen MR) is 63.6 cm³/mol. The molecule has 0 amide bonds. The smallest absolute Gasteiger partial charge is 0.313 e.